The third-order valence-corrected chi connectivity index (χ3v) is 8.19. The molecular weight excluding hydrogens is 442 g/mol. The van der Waals surface area contributed by atoms with Gasteiger partial charge in [0.1, 0.15) is 5.82 Å². The molecule has 2 fully saturated rings. The topological polar surface area (TPSA) is 38.1 Å². The summed E-state index contributed by atoms with van der Waals surface area (Å²) < 4.78 is 2.41. The van der Waals surface area contributed by atoms with Crippen LogP contribution in [0.25, 0.3) is 39.6 Å². The van der Waals surface area contributed by atoms with Gasteiger partial charge in [0.05, 0.1) is 11.0 Å². The molecule has 1 aromatic heterocycles. The predicted molar refractivity (Wildman–Crippen MR) is 145 cm³/mol. The van der Waals surface area contributed by atoms with Gasteiger partial charge in [0, 0.05) is 31.1 Å². The molecule has 4 heteroatoms. The Labute approximate surface area is 212 Å². The average molecular weight is 474 g/mol. The third-order valence-electron chi connectivity index (χ3n) is 8.19. The summed E-state index contributed by atoms with van der Waals surface area (Å²) in [6.45, 7) is 4.83. The van der Waals surface area contributed by atoms with E-state index < -0.39 is 0 Å². The molecule has 4 nitrogen and oxygen atoms in total. The zero-order valence-corrected chi connectivity index (χ0v) is 20.8. The summed E-state index contributed by atoms with van der Waals surface area (Å²) in [4.78, 5) is 19.8. The van der Waals surface area contributed by atoms with E-state index in [-0.39, 0.29) is 0 Å². The minimum Gasteiger partial charge on any atom is -0.342 e. The Bertz CT molecular complexity index is 1510. The molecule has 2 aliphatic carbocycles. The van der Waals surface area contributed by atoms with Gasteiger partial charge in [-0.3, -0.25) is 4.79 Å². The standard InChI is InChI=1S/C32H31N3O/c1-21-4-2-7-29-30(21)35(20-22-16-17-34(19-22)32(36)26-13-14-26)31(33-29)25-11-8-24(9-12-25)28-15-10-23-5-3-6-27(23)18-28/h2-4,6-12,15,18,22,26H,5,13-14,16-17,19-20H2,1H3/t22-/m1/s1. The monoisotopic (exact) mass is 473 g/mol. The van der Waals surface area contributed by atoms with E-state index in [0.29, 0.717) is 17.7 Å². The number of hydrogen-bond donors (Lipinski definition) is 0. The Kier molecular flexibility index (Phi) is 5.09. The maximum atomic E-state index is 12.6. The van der Waals surface area contributed by atoms with Crippen LogP contribution in [0, 0.1) is 18.8 Å². The normalized spacial score (nSPS) is 18.8. The number of allylic oxidation sites excluding steroid dienone is 1. The highest BCUT2D eigenvalue weighted by atomic mass is 16.2. The fourth-order valence-corrected chi connectivity index (χ4v) is 6.03. The highest BCUT2D eigenvalue weighted by molar-refractivity contribution is 5.84. The van der Waals surface area contributed by atoms with Crippen LogP contribution in [-0.4, -0.2) is 33.4 Å². The van der Waals surface area contributed by atoms with Crippen LogP contribution in [0.4, 0.5) is 0 Å². The van der Waals surface area contributed by atoms with Crippen molar-refractivity contribution in [2.75, 3.05) is 13.1 Å². The summed E-state index contributed by atoms with van der Waals surface area (Å²) in [5.74, 6) is 2.16. The van der Waals surface area contributed by atoms with Crippen LogP contribution < -0.4 is 0 Å². The van der Waals surface area contributed by atoms with Crippen LogP contribution in [0.1, 0.15) is 36.0 Å². The summed E-state index contributed by atoms with van der Waals surface area (Å²) in [5.41, 5.74) is 9.87. The Morgan fingerprint density at radius 2 is 1.78 bits per heavy atom. The molecule has 2 heterocycles. The van der Waals surface area contributed by atoms with Crippen molar-refractivity contribution in [3.8, 4) is 22.5 Å². The van der Waals surface area contributed by atoms with E-state index in [0.717, 1.165) is 62.2 Å². The van der Waals surface area contributed by atoms with E-state index in [4.69, 9.17) is 4.98 Å². The fourth-order valence-electron chi connectivity index (χ4n) is 6.03. The Hall–Kier alpha value is -3.66. The van der Waals surface area contributed by atoms with Gasteiger partial charge >= 0.3 is 0 Å². The minimum atomic E-state index is 0.302. The SMILES string of the molecule is Cc1cccc2nc(-c3ccc(-c4ccc5c(c4)C=CC5)cc3)n(C[C@@H]3CCN(C(=O)C4CC4)C3)c12. The van der Waals surface area contributed by atoms with Gasteiger partial charge in [0.2, 0.25) is 5.91 Å². The highest BCUT2D eigenvalue weighted by Gasteiger charge is 2.36. The molecule has 180 valence electrons. The van der Waals surface area contributed by atoms with Crippen molar-refractivity contribution in [3.63, 3.8) is 0 Å². The molecule has 0 N–H and O–H groups in total. The quantitative estimate of drug-likeness (QED) is 0.332. The molecule has 1 saturated heterocycles. The lowest BCUT2D eigenvalue weighted by Gasteiger charge is -2.18. The molecule has 0 bridgehead atoms. The molecule has 3 aliphatic rings. The zero-order chi connectivity index (χ0) is 24.2. The number of carbonyl (C=O) groups excluding carboxylic acids is 1. The van der Waals surface area contributed by atoms with Crippen molar-refractivity contribution >= 4 is 23.0 Å². The number of aromatic nitrogens is 2. The van der Waals surface area contributed by atoms with Crippen LogP contribution in [0.15, 0.2) is 66.7 Å². The molecule has 3 aromatic carbocycles. The highest BCUT2D eigenvalue weighted by Crippen LogP contribution is 2.35. The van der Waals surface area contributed by atoms with E-state index in [2.05, 4.69) is 89.2 Å². The first-order valence-corrected chi connectivity index (χ1v) is 13.3. The lowest BCUT2D eigenvalue weighted by Crippen LogP contribution is -2.30. The van der Waals surface area contributed by atoms with E-state index in [9.17, 15) is 4.79 Å². The summed E-state index contributed by atoms with van der Waals surface area (Å²) in [5, 5.41) is 0. The maximum absolute atomic E-state index is 12.6. The van der Waals surface area contributed by atoms with Gasteiger partial charge < -0.3 is 9.47 Å². The first kappa shape index (κ1) is 21.6. The molecule has 0 unspecified atom stereocenters. The van der Waals surface area contributed by atoms with E-state index in [1.807, 2.05) is 0 Å². The van der Waals surface area contributed by atoms with Crippen molar-refractivity contribution in [1.29, 1.82) is 0 Å². The maximum Gasteiger partial charge on any atom is 0.225 e. The van der Waals surface area contributed by atoms with Crippen molar-refractivity contribution < 1.29 is 4.79 Å². The lowest BCUT2D eigenvalue weighted by atomic mass is 9.99. The predicted octanol–water partition coefficient (Wildman–Crippen LogP) is 6.51. The minimum absolute atomic E-state index is 0.302. The van der Waals surface area contributed by atoms with Gasteiger partial charge in [-0.05, 0) is 78.5 Å². The van der Waals surface area contributed by atoms with Crippen LogP contribution in [-0.2, 0) is 17.8 Å². The molecule has 4 aromatic rings. The second kappa shape index (κ2) is 8.48. The van der Waals surface area contributed by atoms with Crippen LogP contribution in [0.2, 0.25) is 0 Å². The average Bonchev–Trinajstić information content (AvgIpc) is 3.29. The van der Waals surface area contributed by atoms with Crippen molar-refractivity contribution in [2.45, 2.75) is 39.2 Å². The van der Waals surface area contributed by atoms with E-state index in [1.165, 1.54) is 33.3 Å². The number of para-hydroxylation sites is 1. The van der Waals surface area contributed by atoms with Gasteiger partial charge in [0.25, 0.3) is 0 Å². The lowest BCUT2D eigenvalue weighted by molar-refractivity contribution is -0.131. The number of likely N-dealkylation sites (tertiary alicyclic amines) is 1. The number of imidazole rings is 1. The van der Waals surface area contributed by atoms with Crippen LogP contribution in [0.5, 0.6) is 0 Å². The number of carbonyl (C=O) groups is 1. The Balaban J connectivity index is 1.21. The number of fused-ring (bicyclic) bond motifs is 2. The van der Waals surface area contributed by atoms with Crippen molar-refractivity contribution in [1.82, 2.24) is 14.5 Å². The van der Waals surface area contributed by atoms with Crippen LogP contribution >= 0.6 is 0 Å². The van der Waals surface area contributed by atoms with Gasteiger partial charge in [0.15, 0.2) is 0 Å². The number of rotatable bonds is 5. The number of aryl methyl sites for hydroxylation is 1. The molecule has 7 rings (SSSR count). The molecule has 1 saturated carbocycles. The van der Waals surface area contributed by atoms with Crippen molar-refractivity contribution in [3.05, 3.63) is 83.4 Å². The second-order valence-corrected chi connectivity index (χ2v) is 10.8. The summed E-state index contributed by atoms with van der Waals surface area (Å²) in [6.07, 6.45) is 8.71. The van der Waals surface area contributed by atoms with Gasteiger partial charge in [-0.25, -0.2) is 4.98 Å². The second-order valence-electron chi connectivity index (χ2n) is 10.8. The van der Waals surface area contributed by atoms with E-state index in [1.54, 1.807) is 0 Å². The summed E-state index contributed by atoms with van der Waals surface area (Å²) in [7, 11) is 0. The number of nitrogens with zero attached hydrogens (tertiary/aromatic N) is 3. The molecule has 1 amide bonds. The van der Waals surface area contributed by atoms with Gasteiger partial charge in [-0.15, -0.1) is 0 Å². The molecule has 1 aliphatic heterocycles. The van der Waals surface area contributed by atoms with Gasteiger partial charge in [-0.2, -0.15) is 0 Å². The zero-order valence-electron chi connectivity index (χ0n) is 20.8. The number of benzene rings is 3. The molecule has 0 radical (unpaired) electrons. The summed E-state index contributed by atoms with van der Waals surface area (Å²) in [6, 6.07) is 22.0. The van der Waals surface area contributed by atoms with Crippen LogP contribution in [0.3, 0.4) is 0 Å². The molecule has 36 heavy (non-hydrogen) atoms. The Morgan fingerprint density at radius 3 is 2.61 bits per heavy atom. The fraction of sp³-hybridized carbons (Fsp3) is 0.312. The molecule has 0 spiro atoms. The largest absolute Gasteiger partial charge is 0.342 e. The number of hydrogen-bond acceptors (Lipinski definition) is 2. The van der Waals surface area contributed by atoms with E-state index >= 15 is 0 Å². The summed E-state index contributed by atoms with van der Waals surface area (Å²) >= 11 is 0. The Morgan fingerprint density at radius 1 is 0.972 bits per heavy atom. The molecule has 1 atom stereocenters. The molecular formula is C32H31N3O. The smallest absolute Gasteiger partial charge is 0.225 e. The van der Waals surface area contributed by atoms with Crippen molar-refractivity contribution in [2.24, 2.45) is 11.8 Å². The van der Waals surface area contributed by atoms with Gasteiger partial charge in [-0.1, -0.05) is 60.7 Å². The third kappa shape index (κ3) is 3.76. The first-order chi connectivity index (χ1) is 17.6. The number of amides is 1. The first-order valence-electron chi connectivity index (χ1n) is 13.3.